The predicted octanol–water partition coefficient (Wildman–Crippen LogP) is 3.52. The summed E-state index contributed by atoms with van der Waals surface area (Å²) in [4.78, 5) is 17.1. The highest BCUT2D eigenvalue weighted by atomic mass is 19.1. The molecule has 2 saturated carbocycles. The van der Waals surface area contributed by atoms with Crippen molar-refractivity contribution in [2.45, 2.75) is 75.5 Å². The normalized spacial score (nSPS) is 27.9. The number of nitrogens with zero attached hydrogens (tertiary/aromatic N) is 2. The van der Waals surface area contributed by atoms with E-state index >= 15 is 0 Å². The number of benzene rings is 1. The topological polar surface area (TPSA) is 32.8 Å². The molecule has 5 rings (SSSR count). The number of piperidine rings is 1. The lowest BCUT2D eigenvalue weighted by Gasteiger charge is -2.57. The first-order chi connectivity index (χ1) is 13.1. The summed E-state index contributed by atoms with van der Waals surface area (Å²) in [6.45, 7) is 2.84. The van der Waals surface area contributed by atoms with E-state index in [0.717, 1.165) is 30.1 Å². The molecule has 4 aliphatic rings. The largest absolute Gasteiger partial charge is 0.465 e. The van der Waals surface area contributed by atoms with Crippen LogP contribution in [0.5, 0.6) is 0 Å². The van der Waals surface area contributed by atoms with E-state index < -0.39 is 5.97 Å². The van der Waals surface area contributed by atoms with Gasteiger partial charge in [-0.05, 0) is 69.1 Å². The van der Waals surface area contributed by atoms with Gasteiger partial charge in [0.1, 0.15) is 5.82 Å². The first kappa shape index (κ1) is 17.6. The molecule has 2 aliphatic heterocycles. The fraction of sp³-hybridized carbons (Fsp3) is 0.682. The Labute approximate surface area is 160 Å². The first-order valence-corrected chi connectivity index (χ1v) is 10.5. The van der Waals surface area contributed by atoms with Gasteiger partial charge in [-0.25, -0.2) is 9.18 Å². The molecule has 5 heteroatoms. The summed E-state index contributed by atoms with van der Waals surface area (Å²) < 4.78 is 19.5. The molecular weight excluding hydrogens is 343 g/mol. The Hall–Kier alpha value is -1.46. The molecular formula is C22H29FN2O2. The number of hydrogen-bond donors (Lipinski definition) is 0. The molecule has 2 aliphatic carbocycles. The van der Waals surface area contributed by atoms with Crippen molar-refractivity contribution < 1.29 is 13.9 Å². The summed E-state index contributed by atoms with van der Waals surface area (Å²) >= 11 is 0. The van der Waals surface area contributed by atoms with E-state index in [1.165, 1.54) is 64.7 Å². The zero-order valence-corrected chi connectivity index (χ0v) is 16.2. The standard InChI is InChI=1S/C22H29FN2O2/c1-27-21(26)16-11-15-5-9-24(14-19(15)20(23)12-16)18-6-10-25(17-3-4-17)22(13-18)7-2-8-22/h11-12,17-18H,2-10,13-14H2,1H3/t18-/m0/s1. The molecule has 0 unspecified atom stereocenters. The van der Waals surface area contributed by atoms with Gasteiger partial charge in [0.25, 0.3) is 0 Å². The van der Waals surface area contributed by atoms with Crippen molar-refractivity contribution in [3.63, 3.8) is 0 Å². The van der Waals surface area contributed by atoms with Crippen LogP contribution in [0.1, 0.15) is 66.4 Å². The molecule has 146 valence electrons. The number of carbonyl (C=O) groups excluding carboxylic acids is 1. The van der Waals surface area contributed by atoms with Gasteiger partial charge in [0.15, 0.2) is 0 Å². The molecule has 0 radical (unpaired) electrons. The number of fused-ring (bicyclic) bond motifs is 1. The third-order valence-corrected chi connectivity index (χ3v) is 7.45. The monoisotopic (exact) mass is 372 g/mol. The average Bonchev–Trinajstić information content (AvgIpc) is 3.50. The van der Waals surface area contributed by atoms with Crippen molar-refractivity contribution in [2.24, 2.45) is 0 Å². The Morgan fingerprint density at radius 2 is 2.00 bits per heavy atom. The molecule has 3 fully saturated rings. The summed E-state index contributed by atoms with van der Waals surface area (Å²) in [6.07, 6.45) is 10.1. The number of methoxy groups -OCH3 is 1. The van der Waals surface area contributed by atoms with E-state index in [0.29, 0.717) is 23.7 Å². The Kier molecular flexibility index (Phi) is 4.28. The maximum atomic E-state index is 14.7. The summed E-state index contributed by atoms with van der Waals surface area (Å²) in [5.74, 6) is -0.718. The predicted molar refractivity (Wildman–Crippen MR) is 101 cm³/mol. The van der Waals surface area contributed by atoms with Crippen LogP contribution in [0.4, 0.5) is 4.39 Å². The second kappa shape index (κ2) is 6.56. The van der Waals surface area contributed by atoms with E-state index in [4.69, 9.17) is 4.74 Å². The van der Waals surface area contributed by atoms with Crippen LogP contribution >= 0.6 is 0 Å². The number of ether oxygens (including phenoxy) is 1. The first-order valence-electron chi connectivity index (χ1n) is 10.5. The van der Waals surface area contributed by atoms with Crippen molar-refractivity contribution >= 4 is 5.97 Å². The SMILES string of the molecule is COC(=O)c1cc(F)c2c(c1)CCN([C@H]1CCN(C3CC3)C3(CCC3)C1)C2. The van der Waals surface area contributed by atoms with E-state index in [9.17, 15) is 9.18 Å². The summed E-state index contributed by atoms with van der Waals surface area (Å²) in [6, 6.07) is 4.58. The Morgan fingerprint density at radius 3 is 2.67 bits per heavy atom. The van der Waals surface area contributed by atoms with Crippen molar-refractivity contribution in [2.75, 3.05) is 20.2 Å². The fourth-order valence-electron chi connectivity index (χ4n) is 5.71. The third kappa shape index (κ3) is 2.99. The van der Waals surface area contributed by atoms with Crippen molar-refractivity contribution in [3.05, 3.63) is 34.6 Å². The van der Waals surface area contributed by atoms with E-state index in [2.05, 4.69) is 9.80 Å². The molecule has 1 saturated heterocycles. The maximum Gasteiger partial charge on any atom is 0.337 e. The van der Waals surface area contributed by atoms with Crippen molar-refractivity contribution in [1.82, 2.24) is 9.80 Å². The van der Waals surface area contributed by atoms with Crippen LogP contribution in [-0.2, 0) is 17.7 Å². The van der Waals surface area contributed by atoms with Gasteiger partial charge in [0.2, 0.25) is 0 Å². The molecule has 0 bridgehead atoms. The van der Waals surface area contributed by atoms with E-state index in [1.807, 2.05) is 6.07 Å². The quantitative estimate of drug-likeness (QED) is 0.760. The van der Waals surface area contributed by atoms with Gasteiger partial charge in [-0.15, -0.1) is 0 Å². The van der Waals surface area contributed by atoms with Crippen LogP contribution in [0.2, 0.25) is 0 Å². The van der Waals surface area contributed by atoms with Crippen LogP contribution < -0.4 is 0 Å². The number of halogens is 1. The number of likely N-dealkylation sites (tertiary alicyclic amines) is 1. The van der Waals surface area contributed by atoms with Crippen molar-refractivity contribution in [1.29, 1.82) is 0 Å². The smallest absolute Gasteiger partial charge is 0.337 e. The minimum Gasteiger partial charge on any atom is -0.465 e. The Morgan fingerprint density at radius 1 is 1.19 bits per heavy atom. The molecule has 0 aromatic heterocycles. The summed E-state index contributed by atoms with van der Waals surface area (Å²) in [7, 11) is 1.34. The van der Waals surface area contributed by atoms with Crippen LogP contribution in [0.25, 0.3) is 0 Å². The summed E-state index contributed by atoms with van der Waals surface area (Å²) in [5, 5.41) is 0. The second-order valence-electron chi connectivity index (χ2n) is 8.96. The van der Waals surface area contributed by atoms with Gasteiger partial charge in [0.05, 0.1) is 12.7 Å². The van der Waals surface area contributed by atoms with E-state index in [-0.39, 0.29) is 5.82 Å². The lowest BCUT2D eigenvalue weighted by molar-refractivity contribution is -0.0590. The molecule has 0 amide bonds. The maximum absolute atomic E-state index is 14.7. The highest BCUT2D eigenvalue weighted by molar-refractivity contribution is 5.89. The molecule has 1 atom stereocenters. The Balaban J connectivity index is 1.33. The average molecular weight is 372 g/mol. The van der Waals surface area contributed by atoms with Gasteiger partial charge in [-0.3, -0.25) is 9.80 Å². The van der Waals surface area contributed by atoms with Gasteiger partial charge < -0.3 is 4.74 Å². The number of hydrogen-bond acceptors (Lipinski definition) is 4. The third-order valence-electron chi connectivity index (χ3n) is 7.45. The minimum absolute atomic E-state index is 0.258. The fourth-order valence-corrected chi connectivity index (χ4v) is 5.71. The van der Waals surface area contributed by atoms with Gasteiger partial charge in [-0.1, -0.05) is 0 Å². The zero-order chi connectivity index (χ0) is 18.6. The van der Waals surface area contributed by atoms with Crippen LogP contribution in [-0.4, -0.2) is 53.6 Å². The van der Waals surface area contributed by atoms with Gasteiger partial charge >= 0.3 is 5.97 Å². The minimum atomic E-state index is -0.460. The second-order valence-corrected chi connectivity index (χ2v) is 8.96. The van der Waals surface area contributed by atoms with E-state index in [1.54, 1.807) is 0 Å². The number of rotatable bonds is 3. The van der Waals surface area contributed by atoms with Crippen LogP contribution in [0.3, 0.4) is 0 Å². The van der Waals surface area contributed by atoms with Crippen LogP contribution in [0, 0.1) is 5.82 Å². The Bertz CT molecular complexity index is 757. The molecule has 1 spiro atoms. The van der Waals surface area contributed by atoms with Gasteiger partial charge in [-0.2, -0.15) is 0 Å². The van der Waals surface area contributed by atoms with Crippen LogP contribution in [0.15, 0.2) is 12.1 Å². The molecule has 4 nitrogen and oxygen atoms in total. The van der Waals surface area contributed by atoms with Gasteiger partial charge in [0, 0.05) is 42.8 Å². The highest BCUT2D eigenvalue weighted by Gasteiger charge is 2.51. The molecule has 1 aromatic rings. The van der Waals surface area contributed by atoms with Crippen molar-refractivity contribution in [3.8, 4) is 0 Å². The molecule has 1 aromatic carbocycles. The zero-order valence-electron chi connectivity index (χ0n) is 16.2. The highest BCUT2D eigenvalue weighted by Crippen LogP contribution is 2.50. The molecule has 0 N–H and O–H groups in total. The lowest BCUT2D eigenvalue weighted by Crippen LogP contribution is -2.62. The number of esters is 1. The molecule has 27 heavy (non-hydrogen) atoms. The number of carbonyl (C=O) groups is 1. The molecule has 2 heterocycles. The summed E-state index contributed by atoms with van der Waals surface area (Å²) in [5.41, 5.74) is 2.52. The lowest BCUT2D eigenvalue weighted by atomic mass is 9.68.